The Hall–Kier alpha value is -2.90. The van der Waals surface area contributed by atoms with E-state index in [-0.39, 0.29) is 5.69 Å². The summed E-state index contributed by atoms with van der Waals surface area (Å²) in [6.45, 7) is 0. The summed E-state index contributed by atoms with van der Waals surface area (Å²) < 4.78 is 37.9. The molecule has 0 fully saturated rings. The van der Waals surface area contributed by atoms with E-state index >= 15 is 0 Å². The van der Waals surface area contributed by atoms with Gasteiger partial charge in [-0.25, -0.2) is 12.8 Å². The van der Waals surface area contributed by atoms with Crippen molar-refractivity contribution in [2.24, 2.45) is 0 Å². The van der Waals surface area contributed by atoms with Gasteiger partial charge in [-0.2, -0.15) is 5.26 Å². The maximum atomic E-state index is 13.5. The number of aromatic nitrogens is 1. The molecule has 0 atom stereocenters. The Kier molecular flexibility index (Phi) is 4.40. The molecule has 0 aliphatic rings. The average molecular weight is 315 g/mol. The van der Waals surface area contributed by atoms with Crippen LogP contribution in [0.2, 0.25) is 0 Å². The zero-order chi connectivity index (χ0) is 16.2. The van der Waals surface area contributed by atoms with Gasteiger partial charge in [0, 0.05) is 23.5 Å². The number of nitrogens with one attached hydrogen (secondary N) is 1. The molecule has 7 heteroatoms. The van der Waals surface area contributed by atoms with Crippen molar-refractivity contribution in [3.8, 4) is 17.9 Å². The van der Waals surface area contributed by atoms with E-state index in [4.69, 9.17) is 5.26 Å². The molecule has 0 saturated carbocycles. The molecule has 2 rings (SSSR count). The van der Waals surface area contributed by atoms with Crippen LogP contribution < -0.4 is 4.72 Å². The number of benzene rings is 1. The number of nitrogens with zero attached hydrogens (tertiary/aromatic N) is 2. The zero-order valence-electron chi connectivity index (χ0n) is 11.5. The number of anilines is 1. The van der Waals surface area contributed by atoms with Gasteiger partial charge >= 0.3 is 0 Å². The van der Waals surface area contributed by atoms with E-state index in [1.807, 2.05) is 6.07 Å². The van der Waals surface area contributed by atoms with Gasteiger partial charge in [-0.15, -0.1) is 0 Å². The summed E-state index contributed by atoms with van der Waals surface area (Å²) in [5.74, 6) is 4.86. The fraction of sp³-hybridized carbons (Fsp3) is 0.0667. The summed E-state index contributed by atoms with van der Waals surface area (Å²) in [6.07, 6.45) is 3.84. The van der Waals surface area contributed by atoms with Gasteiger partial charge in [-0.1, -0.05) is 11.8 Å². The highest BCUT2D eigenvalue weighted by atomic mass is 32.2. The summed E-state index contributed by atoms with van der Waals surface area (Å²) in [4.78, 5) is 3.87. The van der Waals surface area contributed by atoms with Crippen LogP contribution in [-0.2, 0) is 10.0 Å². The van der Waals surface area contributed by atoms with Gasteiger partial charge in [0.1, 0.15) is 11.9 Å². The predicted molar refractivity (Wildman–Crippen MR) is 79.8 cm³/mol. The number of pyridine rings is 1. The van der Waals surface area contributed by atoms with Gasteiger partial charge in [-0.05, 0) is 24.3 Å². The summed E-state index contributed by atoms with van der Waals surface area (Å²) in [5, 5.41) is 8.78. The van der Waals surface area contributed by atoms with Crippen molar-refractivity contribution in [2.75, 3.05) is 11.0 Å². The molecule has 1 N–H and O–H groups in total. The molecule has 2 aromatic rings. The minimum atomic E-state index is -3.58. The highest BCUT2D eigenvalue weighted by Gasteiger charge is 2.07. The van der Waals surface area contributed by atoms with Crippen LogP contribution in [0.4, 0.5) is 10.1 Å². The third-order valence-electron chi connectivity index (χ3n) is 2.48. The molecule has 5 nitrogen and oxygen atoms in total. The molecule has 0 aliphatic heterocycles. The van der Waals surface area contributed by atoms with Crippen molar-refractivity contribution in [1.82, 2.24) is 4.98 Å². The maximum absolute atomic E-state index is 13.5. The Morgan fingerprint density at radius 1 is 1.14 bits per heavy atom. The molecular formula is C15H10FN3O2S. The van der Waals surface area contributed by atoms with Crippen LogP contribution in [0.3, 0.4) is 0 Å². The Morgan fingerprint density at radius 2 is 1.82 bits per heavy atom. The third kappa shape index (κ3) is 4.30. The van der Waals surface area contributed by atoms with Crippen LogP contribution in [0, 0.1) is 29.0 Å². The normalized spacial score (nSPS) is 10.2. The van der Waals surface area contributed by atoms with Crippen molar-refractivity contribution in [3.63, 3.8) is 0 Å². The molecule has 0 spiro atoms. The first-order valence-corrected chi connectivity index (χ1v) is 7.91. The fourth-order valence-corrected chi connectivity index (χ4v) is 2.15. The van der Waals surface area contributed by atoms with Gasteiger partial charge < -0.3 is 0 Å². The minimum Gasteiger partial charge on any atom is -0.281 e. The smallest absolute Gasteiger partial charge is 0.229 e. The molecule has 0 aliphatic carbocycles. The second kappa shape index (κ2) is 6.25. The molecule has 0 radical (unpaired) electrons. The quantitative estimate of drug-likeness (QED) is 0.858. The monoisotopic (exact) mass is 315 g/mol. The molecule has 1 aromatic carbocycles. The van der Waals surface area contributed by atoms with Crippen molar-refractivity contribution in [1.29, 1.82) is 5.26 Å². The van der Waals surface area contributed by atoms with E-state index in [0.29, 0.717) is 16.7 Å². The SMILES string of the molecule is CS(=O)(=O)Nc1cc(C#Cc2cncc(C#N)c2)ccc1F. The molecule has 0 unspecified atom stereocenters. The Balaban J connectivity index is 2.33. The van der Waals surface area contributed by atoms with Crippen LogP contribution in [0.1, 0.15) is 16.7 Å². The lowest BCUT2D eigenvalue weighted by Gasteiger charge is -2.05. The van der Waals surface area contributed by atoms with Crippen molar-refractivity contribution < 1.29 is 12.8 Å². The zero-order valence-corrected chi connectivity index (χ0v) is 12.3. The van der Waals surface area contributed by atoms with Crippen LogP contribution in [-0.4, -0.2) is 19.7 Å². The maximum Gasteiger partial charge on any atom is 0.229 e. The second-order valence-corrected chi connectivity index (χ2v) is 6.14. The van der Waals surface area contributed by atoms with Crippen molar-refractivity contribution in [2.45, 2.75) is 0 Å². The first kappa shape index (κ1) is 15.5. The lowest BCUT2D eigenvalue weighted by Crippen LogP contribution is -2.10. The first-order valence-electron chi connectivity index (χ1n) is 6.02. The molecule has 22 heavy (non-hydrogen) atoms. The Bertz CT molecular complexity index is 922. The summed E-state index contributed by atoms with van der Waals surface area (Å²) >= 11 is 0. The van der Waals surface area contributed by atoms with Crippen LogP contribution in [0.25, 0.3) is 0 Å². The highest BCUT2D eigenvalue weighted by Crippen LogP contribution is 2.16. The number of sulfonamides is 1. The number of nitriles is 1. The standard InChI is InChI=1S/C15H10FN3O2S/c1-22(20,21)19-15-7-11(4-5-14(15)16)2-3-12-6-13(8-17)10-18-9-12/h4-7,9-10,19H,1H3. The molecule has 110 valence electrons. The Morgan fingerprint density at radius 3 is 2.50 bits per heavy atom. The third-order valence-corrected chi connectivity index (χ3v) is 3.07. The molecular weight excluding hydrogens is 305 g/mol. The van der Waals surface area contributed by atoms with E-state index in [1.165, 1.54) is 24.5 Å². The fourth-order valence-electron chi connectivity index (χ4n) is 1.59. The molecule has 1 heterocycles. The van der Waals surface area contributed by atoms with Gasteiger partial charge in [0.2, 0.25) is 10.0 Å². The second-order valence-electron chi connectivity index (χ2n) is 4.39. The van der Waals surface area contributed by atoms with Crippen LogP contribution >= 0.6 is 0 Å². The lowest BCUT2D eigenvalue weighted by atomic mass is 10.1. The number of hydrogen-bond donors (Lipinski definition) is 1. The van der Waals surface area contributed by atoms with E-state index in [0.717, 1.165) is 12.3 Å². The van der Waals surface area contributed by atoms with Crippen LogP contribution in [0.5, 0.6) is 0 Å². The topological polar surface area (TPSA) is 82.8 Å². The van der Waals surface area contributed by atoms with E-state index in [2.05, 4.69) is 21.5 Å². The number of rotatable bonds is 2. The van der Waals surface area contributed by atoms with E-state index in [9.17, 15) is 12.8 Å². The number of hydrogen-bond acceptors (Lipinski definition) is 4. The molecule has 0 amide bonds. The van der Waals surface area contributed by atoms with Gasteiger partial charge in [0.05, 0.1) is 17.5 Å². The van der Waals surface area contributed by atoms with E-state index in [1.54, 1.807) is 6.07 Å². The Labute approximate surface area is 127 Å². The first-order chi connectivity index (χ1) is 10.4. The number of halogens is 1. The highest BCUT2D eigenvalue weighted by molar-refractivity contribution is 7.92. The van der Waals surface area contributed by atoms with E-state index < -0.39 is 15.8 Å². The molecule has 0 saturated heterocycles. The summed E-state index contributed by atoms with van der Waals surface area (Å²) in [7, 11) is -3.58. The summed E-state index contributed by atoms with van der Waals surface area (Å²) in [6, 6.07) is 7.37. The largest absolute Gasteiger partial charge is 0.281 e. The van der Waals surface area contributed by atoms with Gasteiger partial charge in [0.15, 0.2) is 0 Å². The lowest BCUT2D eigenvalue weighted by molar-refractivity contribution is 0.603. The predicted octanol–water partition coefficient (Wildman–Crippen LogP) is 1.86. The van der Waals surface area contributed by atoms with Crippen molar-refractivity contribution in [3.05, 3.63) is 59.2 Å². The summed E-state index contributed by atoms with van der Waals surface area (Å²) in [5.41, 5.74) is 1.17. The molecule has 0 bridgehead atoms. The molecule has 1 aromatic heterocycles. The van der Waals surface area contributed by atoms with Gasteiger partial charge in [-0.3, -0.25) is 9.71 Å². The van der Waals surface area contributed by atoms with Crippen molar-refractivity contribution >= 4 is 15.7 Å². The van der Waals surface area contributed by atoms with Gasteiger partial charge in [0.25, 0.3) is 0 Å². The van der Waals surface area contributed by atoms with Crippen LogP contribution in [0.15, 0.2) is 36.7 Å². The minimum absolute atomic E-state index is 0.168. The average Bonchev–Trinajstić information content (AvgIpc) is 2.47.